The molecule has 1 saturated heterocycles. The first-order valence-corrected chi connectivity index (χ1v) is 13.7. The summed E-state index contributed by atoms with van der Waals surface area (Å²) in [6.45, 7) is 2.65. The molecule has 3 aromatic carbocycles. The van der Waals surface area contributed by atoms with E-state index in [1.54, 1.807) is 0 Å². The summed E-state index contributed by atoms with van der Waals surface area (Å²) >= 11 is 1.91. The maximum atomic E-state index is 12.6. The minimum absolute atomic E-state index is 0.217. The first-order valence-electron chi connectivity index (χ1n) is 12.6. The fourth-order valence-corrected chi connectivity index (χ4v) is 5.50. The molecule has 1 aliphatic rings. The first-order chi connectivity index (χ1) is 18.5. The van der Waals surface area contributed by atoms with Crippen LogP contribution in [0.15, 0.2) is 107 Å². The van der Waals surface area contributed by atoms with E-state index in [1.165, 1.54) is 10.8 Å². The number of ether oxygens (including phenoxy) is 3. The van der Waals surface area contributed by atoms with Crippen LogP contribution in [0.1, 0.15) is 36.3 Å². The van der Waals surface area contributed by atoms with Gasteiger partial charge in [0.1, 0.15) is 17.9 Å². The van der Waals surface area contributed by atoms with Crippen molar-refractivity contribution in [1.82, 2.24) is 9.55 Å². The van der Waals surface area contributed by atoms with Gasteiger partial charge in [-0.3, -0.25) is 14.3 Å². The Hall–Kier alpha value is -3.05. The molecule has 7 nitrogen and oxygen atoms in total. The van der Waals surface area contributed by atoms with Crippen LogP contribution in [-0.2, 0) is 19.8 Å². The van der Waals surface area contributed by atoms with Crippen LogP contribution in [0, 0.1) is 3.57 Å². The minimum atomic E-state index is -0.897. The Labute approximate surface area is 234 Å². The minimum Gasteiger partial charge on any atom is -0.376 e. The number of rotatable bonds is 9. The summed E-state index contributed by atoms with van der Waals surface area (Å²) in [6, 6.07) is 30.4. The Morgan fingerprint density at radius 2 is 1.45 bits per heavy atom. The van der Waals surface area contributed by atoms with Crippen molar-refractivity contribution >= 4 is 22.6 Å². The van der Waals surface area contributed by atoms with Gasteiger partial charge in [-0.15, -0.1) is 0 Å². The summed E-state index contributed by atoms with van der Waals surface area (Å²) < 4.78 is 21.2. The van der Waals surface area contributed by atoms with Crippen LogP contribution in [0.5, 0.6) is 0 Å². The average Bonchev–Trinajstić information content (AvgIpc) is 3.35. The molecule has 38 heavy (non-hydrogen) atoms. The fourth-order valence-electron chi connectivity index (χ4n) is 5.06. The van der Waals surface area contributed by atoms with Crippen molar-refractivity contribution < 1.29 is 14.2 Å². The SMILES string of the molecule is CCO[C@H]1C[C@H](n2cc(I)c(=O)[nH]c2=O)O[C@@H]1COC(c1ccccc1)(c1ccccc1)c1ccccc1. The van der Waals surface area contributed by atoms with Crippen molar-refractivity contribution in [3.8, 4) is 0 Å². The monoisotopic (exact) mass is 624 g/mol. The van der Waals surface area contributed by atoms with Crippen LogP contribution in [0.3, 0.4) is 0 Å². The van der Waals surface area contributed by atoms with E-state index >= 15 is 0 Å². The molecule has 0 bridgehead atoms. The van der Waals surface area contributed by atoms with Crippen molar-refractivity contribution in [1.29, 1.82) is 0 Å². The Kier molecular flexibility index (Phi) is 8.23. The lowest BCUT2D eigenvalue weighted by Gasteiger charge is -2.37. The standard InChI is InChI=1S/C30H29IN2O5/c1-2-36-25-18-27(33-19-24(31)28(34)32-29(33)35)38-26(25)20-37-30(21-12-6-3-7-13-21,22-14-8-4-9-15-22)23-16-10-5-11-17-23/h3-17,19,25-27H,2,18,20H2,1H3,(H,32,34,35)/t25-,26+,27+/m0/s1. The Bertz CT molecular complexity index is 1360. The molecule has 1 aliphatic heterocycles. The molecule has 0 saturated carbocycles. The van der Waals surface area contributed by atoms with Crippen LogP contribution in [0.2, 0.25) is 0 Å². The number of aromatic amines is 1. The molecule has 1 fully saturated rings. The quantitative estimate of drug-likeness (QED) is 0.213. The Balaban J connectivity index is 1.53. The van der Waals surface area contributed by atoms with Gasteiger partial charge in [0.05, 0.1) is 16.3 Å². The average molecular weight is 624 g/mol. The molecule has 0 aliphatic carbocycles. The lowest BCUT2D eigenvalue weighted by Crippen LogP contribution is -2.38. The number of nitrogens with one attached hydrogen (secondary N) is 1. The molecule has 0 radical (unpaired) electrons. The van der Waals surface area contributed by atoms with Crippen molar-refractivity contribution in [3.05, 3.63) is 138 Å². The van der Waals surface area contributed by atoms with Gasteiger partial charge in [-0.2, -0.15) is 0 Å². The third-order valence-corrected chi connectivity index (χ3v) is 7.57. The normalized spacial score (nSPS) is 19.5. The number of halogens is 1. The molecule has 0 unspecified atom stereocenters. The fraction of sp³-hybridized carbons (Fsp3) is 0.267. The van der Waals surface area contributed by atoms with Crippen LogP contribution in [-0.4, -0.2) is 35.0 Å². The van der Waals surface area contributed by atoms with E-state index < -0.39 is 29.2 Å². The number of hydrogen-bond acceptors (Lipinski definition) is 5. The zero-order valence-electron chi connectivity index (χ0n) is 21.0. The highest BCUT2D eigenvalue weighted by Gasteiger charge is 2.42. The highest BCUT2D eigenvalue weighted by atomic mass is 127. The van der Waals surface area contributed by atoms with Gasteiger partial charge in [0, 0.05) is 19.2 Å². The highest BCUT2D eigenvalue weighted by Crippen LogP contribution is 2.41. The summed E-state index contributed by atoms with van der Waals surface area (Å²) in [5.41, 5.74) is 1.16. The number of benzene rings is 3. The van der Waals surface area contributed by atoms with E-state index in [-0.39, 0.29) is 12.7 Å². The van der Waals surface area contributed by atoms with Gasteiger partial charge in [-0.1, -0.05) is 91.0 Å². The van der Waals surface area contributed by atoms with Gasteiger partial charge in [0.25, 0.3) is 5.56 Å². The molecule has 2 heterocycles. The van der Waals surface area contributed by atoms with Crippen LogP contribution in [0.25, 0.3) is 0 Å². The zero-order chi connectivity index (χ0) is 26.5. The highest BCUT2D eigenvalue weighted by molar-refractivity contribution is 14.1. The summed E-state index contributed by atoms with van der Waals surface area (Å²) in [5, 5.41) is 0. The van der Waals surface area contributed by atoms with Gasteiger partial charge in [0.15, 0.2) is 0 Å². The lowest BCUT2D eigenvalue weighted by atomic mass is 9.80. The van der Waals surface area contributed by atoms with Gasteiger partial charge in [-0.25, -0.2) is 4.79 Å². The van der Waals surface area contributed by atoms with Gasteiger partial charge < -0.3 is 14.2 Å². The number of nitrogens with zero attached hydrogens (tertiary/aromatic N) is 1. The predicted octanol–water partition coefficient (Wildman–Crippen LogP) is 4.84. The lowest BCUT2D eigenvalue weighted by molar-refractivity contribution is -0.103. The third-order valence-electron chi connectivity index (χ3n) is 6.80. The molecule has 0 spiro atoms. The summed E-state index contributed by atoms with van der Waals surface area (Å²) in [7, 11) is 0. The third kappa shape index (κ3) is 5.26. The number of aromatic nitrogens is 2. The van der Waals surface area contributed by atoms with Gasteiger partial charge in [-0.05, 0) is 46.2 Å². The molecule has 3 atom stereocenters. The second-order valence-corrected chi connectivity index (χ2v) is 10.3. The van der Waals surface area contributed by atoms with Crippen molar-refractivity contribution in [3.63, 3.8) is 0 Å². The molecule has 4 aromatic rings. The first kappa shape index (κ1) is 26.6. The largest absolute Gasteiger partial charge is 0.376 e. The molecule has 0 amide bonds. The number of hydrogen-bond donors (Lipinski definition) is 1. The van der Waals surface area contributed by atoms with Gasteiger partial charge >= 0.3 is 5.69 Å². The molecular formula is C30H29IN2O5. The van der Waals surface area contributed by atoms with E-state index in [2.05, 4.69) is 41.4 Å². The smallest absolute Gasteiger partial charge is 0.330 e. The Morgan fingerprint density at radius 1 is 0.921 bits per heavy atom. The van der Waals surface area contributed by atoms with Crippen molar-refractivity contribution in [2.45, 2.75) is 37.4 Å². The summed E-state index contributed by atoms with van der Waals surface area (Å²) in [5.74, 6) is 0. The maximum Gasteiger partial charge on any atom is 0.330 e. The Morgan fingerprint density at radius 3 is 1.95 bits per heavy atom. The second kappa shape index (κ2) is 11.8. The second-order valence-electron chi connectivity index (χ2n) is 9.09. The summed E-state index contributed by atoms with van der Waals surface area (Å²) in [4.78, 5) is 26.8. The molecule has 5 rings (SSSR count). The van der Waals surface area contributed by atoms with E-state index in [1.807, 2.05) is 84.1 Å². The maximum absolute atomic E-state index is 12.6. The van der Waals surface area contributed by atoms with Crippen LogP contribution in [0.4, 0.5) is 0 Å². The van der Waals surface area contributed by atoms with Crippen LogP contribution < -0.4 is 11.2 Å². The van der Waals surface area contributed by atoms with E-state index in [0.717, 1.165) is 16.7 Å². The summed E-state index contributed by atoms with van der Waals surface area (Å²) in [6.07, 6.45) is 0.672. The topological polar surface area (TPSA) is 82.6 Å². The predicted molar refractivity (Wildman–Crippen MR) is 153 cm³/mol. The molecule has 8 heteroatoms. The van der Waals surface area contributed by atoms with Crippen LogP contribution >= 0.6 is 22.6 Å². The molecule has 196 valence electrons. The zero-order valence-corrected chi connectivity index (χ0v) is 23.1. The van der Waals surface area contributed by atoms with Crippen molar-refractivity contribution in [2.75, 3.05) is 13.2 Å². The van der Waals surface area contributed by atoms with E-state index in [0.29, 0.717) is 16.6 Å². The number of H-pyrrole nitrogens is 1. The van der Waals surface area contributed by atoms with Gasteiger partial charge in [0.2, 0.25) is 0 Å². The van der Waals surface area contributed by atoms with E-state index in [9.17, 15) is 9.59 Å². The van der Waals surface area contributed by atoms with Crippen molar-refractivity contribution in [2.24, 2.45) is 0 Å². The molecular weight excluding hydrogens is 595 g/mol. The molecule has 1 aromatic heterocycles. The molecule has 1 N–H and O–H groups in total. The van der Waals surface area contributed by atoms with E-state index in [4.69, 9.17) is 14.2 Å².